The van der Waals surface area contributed by atoms with Crippen molar-refractivity contribution in [3.05, 3.63) is 32.3 Å². The summed E-state index contributed by atoms with van der Waals surface area (Å²) in [6.07, 6.45) is 0. The number of carbonyl (C=O) groups is 2. The highest BCUT2D eigenvalue weighted by Crippen LogP contribution is 2.34. The second-order valence-electron chi connectivity index (χ2n) is 3.74. The van der Waals surface area contributed by atoms with Gasteiger partial charge in [0.1, 0.15) is 0 Å². The van der Waals surface area contributed by atoms with Crippen molar-refractivity contribution in [1.82, 2.24) is 5.32 Å². The monoisotopic (exact) mass is 313 g/mol. The first-order chi connectivity index (χ1) is 8.41. The number of hydrogen-bond donors (Lipinski definition) is 1. The summed E-state index contributed by atoms with van der Waals surface area (Å²) in [4.78, 5) is 34.2. The van der Waals surface area contributed by atoms with Crippen LogP contribution in [0.1, 0.15) is 5.56 Å². The van der Waals surface area contributed by atoms with Crippen molar-refractivity contribution in [1.29, 1.82) is 0 Å². The van der Waals surface area contributed by atoms with E-state index >= 15 is 0 Å². The van der Waals surface area contributed by atoms with Crippen LogP contribution in [0.15, 0.2) is 16.6 Å². The molecule has 1 aliphatic rings. The average Bonchev–Trinajstić information content (AvgIpc) is 2.59. The fourth-order valence-electron chi connectivity index (χ4n) is 1.68. The molecule has 3 amide bonds. The van der Waals surface area contributed by atoms with E-state index in [9.17, 15) is 19.7 Å². The van der Waals surface area contributed by atoms with Crippen molar-refractivity contribution in [2.75, 3.05) is 11.4 Å². The van der Waals surface area contributed by atoms with Gasteiger partial charge in [-0.3, -0.25) is 14.9 Å². The lowest BCUT2D eigenvalue weighted by atomic mass is 10.1. The molecule has 1 aromatic rings. The van der Waals surface area contributed by atoms with Crippen LogP contribution in [0.25, 0.3) is 0 Å². The van der Waals surface area contributed by atoms with E-state index in [2.05, 4.69) is 21.2 Å². The summed E-state index contributed by atoms with van der Waals surface area (Å²) in [7, 11) is 0. The number of rotatable bonds is 2. The molecule has 0 bridgehead atoms. The van der Waals surface area contributed by atoms with Gasteiger partial charge in [0.25, 0.3) is 11.6 Å². The van der Waals surface area contributed by atoms with E-state index in [1.165, 1.54) is 12.1 Å². The molecule has 0 atom stereocenters. The number of nitro benzene ring substituents is 1. The molecular formula is C10H8BrN3O4. The number of anilines is 1. The highest BCUT2D eigenvalue weighted by molar-refractivity contribution is 9.10. The Bertz CT molecular complexity index is 556. The van der Waals surface area contributed by atoms with Crippen LogP contribution >= 0.6 is 15.9 Å². The van der Waals surface area contributed by atoms with Gasteiger partial charge >= 0.3 is 6.03 Å². The number of carbonyl (C=O) groups excluding carboxylic acids is 2. The quantitative estimate of drug-likeness (QED) is 0.511. The molecule has 0 aliphatic carbocycles. The number of nitrogens with zero attached hydrogens (tertiary/aromatic N) is 2. The van der Waals surface area contributed by atoms with Crippen LogP contribution in [-0.2, 0) is 4.79 Å². The zero-order valence-corrected chi connectivity index (χ0v) is 10.9. The molecule has 1 fully saturated rings. The lowest BCUT2D eigenvalue weighted by molar-refractivity contribution is -0.385. The molecule has 94 valence electrons. The van der Waals surface area contributed by atoms with Gasteiger partial charge in [0, 0.05) is 16.1 Å². The number of imide groups is 1. The smallest absolute Gasteiger partial charge is 0.328 e. The molecule has 18 heavy (non-hydrogen) atoms. The number of amides is 3. The molecule has 8 heteroatoms. The Labute approximate surface area is 110 Å². The molecule has 1 aromatic carbocycles. The first kappa shape index (κ1) is 12.5. The molecule has 1 saturated heterocycles. The van der Waals surface area contributed by atoms with E-state index < -0.39 is 16.9 Å². The maximum atomic E-state index is 11.6. The van der Waals surface area contributed by atoms with Crippen molar-refractivity contribution in [3.63, 3.8) is 0 Å². The molecule has 0 spiro atoms. The molecule has 0 radical (unpaired) electrons. The number of halogens is 1. The minimum Gasteiger partial charge on any atom is -0.328 e. The lowest BCUT2D eigenvalue weighted by Crippen LogP contribution is -2.31. The van der Waals surface area contributed by atoms with E-state index in [1.54, 1.807) is 6.92 Å². The number of nitrogens with one attached hydrogen (secondary N) is 1. The maximum Gasteiger partial charge on any atom is 0.329 e. The van der Waals surface area contributed by atoms with Crippen LogP contribution in [-0.4, -0.2) is 23.4 Å². The molecule has 1 N–H and O–H groups in total. The SMILES string of the molecule is Cc1cc(Br)c(N2C(=O)CNC2=O)cc1[N+](=O)[O-]. The summed E-state index contributed by atoms with van der Waals surface area (Å²) in [6, 6.07) is 2.13. The van der Waals surface area contributed by atoms with Crippen LogP contribution in [0.3, 0.4) is 0 Å². The lowest BCUT2D eigenvalue weighted by Gasteiger charge is -2.14. The number of aryl methyl sites for hydroxylation is 1. The maximum absolute atomic E-state index is 11.6. The second-order valence-corrected chi connectivity index (χ2v) is 4.59. The minimum absolute atomic E-state index is 0.104. The Morgan fingerprint density at radius 2 is 2.11 bits per heavy atom. The van der Waals surface area contributed by atoms with E-state index in [-0.39, 0.29) is 17.9 Å². The third-order valence-corrected chi connectivity index (χ3v) is 3.18. The topological polar surface area (TPSA) is 92.6 Å². The van der Waals surface area contributed by atoms with E-state index in [4.69, 9.17) is 0 Å². The summed E-state index contributed by atoms with van der Waals surface area (Å²) >= 11 is 3.20. The fraction of sp³-hybridized carbons (Fsp3) is 0.200. The highest BCUT2D eigenvalue weighted by atomic mass is 79.9. The second kappa shape index (κ2) is 4.37. The Hall–Kier alpha value is -1.96. The standard InChI is InChI=1S/C10H8BrN3O4/c1-5-2-6(11)8(3-7(5)14(17)18)13-9(15)4-12-10(13)16/h2-3H,4H2,1H3,(H,12,16). The first-order valence-corrected chi connectivity index (χ1v) is 5.76. The number of hydrogen-bond acceptors (Lipinski definition) is 4. The zero-order valence-electron chi connectivity index (χ0n) is 9.27. The van der Waals surface area contributed by atoms with Crippen LogP contribution in [0.4, 0.5) is 16.2 Å². The molecule has 0 unspecified atom stereocenters. The van der Waals surface area contributed by atoms with E-state index in [0.29, 0.717) is 10.0 Å². The molecule has 7 nitrogen and oxygen atoms in total. The Balaban J connectivity index is 2.57. The number of urea groups is 1. The summed E-state index contributed by atoms with van der Waals surface area (Å²) in [5, 5.41) is 13.2. The highest BCUT2D eigenvalue weighted by Gasteiger charge is 2.32. The summed E-state index contributed by atoms with van der Waals surface area (Å²) in [6.45, 7) is 1.48. The van der Waals surface area contributed by atoms with E-state index in [1.807, 2.05) is 0 Å². The van der Waals surface area contributed by atoms with Gasteiger partial charge in [-0.2, -0.15) is 0 Å². The van der Waals surface area contributed by atoms with Crippen molar-refractivity contribution < 1.29 is 14.5 Å². The first-order valence-electron chi connectivity index (χ1n) is 4.97. The molecule has 2 rings (SSSR count). The number of nitro groups is 1. The third kappa shape index (κ3) is 1.94. The summed E-state index contributed by atoms with van der Waals surface area (Å²) < 4.78 is 0.455. The molecule has 0 saturated carbocycles. The molecule has 0 aromatic heterocycles. The summed E-state index contributed by atoms with van der Waals surface area (Å²) in [5.41, 5.74) is 0.482. The van der Waals surface area contributed by atoms with Crippen LogP contribution in [0.5, 0.6) is 0 Å². The van der Waals surface area contributed by atoms with Gasteiger partial charge in [-0.1, -0.05) is 0 Å². The fourth-order valence-corrected chi connectivity index (χ4v) is 2.32. The van der Waals surface area contributed by atoms with Gasteiger partial charge < -0.3 is 5.32 Å². The zero-order chi connectivity index (χ0) is 13.4. The van der Waals surface area contributed by atoms with Crippen LogP contribution < -0.4 is 10.2 Å². The normalized spacial score (nSPS) is 14.9. The minimum atomic E-state index is -0.584. The van der Waals surface area contributed by atoms with Gasteiger partial charge in [0.05, 0.1) is 17.2 Å². The summed E-state index contributed by atoms with van der Waals surface area (Å²) in [5.74, 6) is -0.446. The van der Waals surface area contributed by atoms with Gasteiger partial charge in [0.15, 0.2) is 0 Å². The van der Waals surface area contributed by atoms with Crippen molar-refractivity contribution in [3.8, 4) is 0 Å². The van der Waals surface area contributed by atoms with Gasteiger partial charge in [-0.25, -0.2) is 9.69 Å². The molecule has 1 aliphatic heterocycles. The Morgan fingerprint density at radius 3 is 2.61 bits per heavy atom. The third-order valence-electron chi connectivity index (χ3n) is 2.55. The molecule has 1 heterocycles. The van der Waals surface area contributed by atoms with Crippen LogP contribution in [0, 0.1) is 17.0 Å². The number of benzene rings is 1. The van der Waals surface area contributed by atoms with Gasteiger partial charge in [-0.05, 0) is 28.9 Å². The van der Waals surface area contributed by atoms with Crippen LogP contribution in [0.2, 0.25) is 0 Å². The van der Waals surface area contributed by atoms with Gasteiger partial charge in [-0.15, -0.1) is 0 Å². The van der Waals surface area contributed by atoms with E-state index in [0.717, 1.165) is 4.90 Å². The molecular weight excluding hydrogens is 306 g/mol. The predicted molar refractivity (Wildman–Crippen MR) is 66.4 cm³/mol. The van der Waals surface area contributed by atoms with Crippen molar-refractivity contribution in [2.24, 2.45) is 0 Å². The average molecular weight is 314 g/mol. The van der Waals surface area contributed by atoms with Crippen molar-refractivity contribution in [2.45, 2.75) is 6.92 Å². The predicted octanol–water partition coefficient (Wildman–Crippen LogP) is 1.72. The Kier molecular flexibility index (Phi) is 3.04. The largest absolute Gasteiger partial charge is 0.329 e. The van der Waals surface area contributed by atoms with Crippen molar-refractivity contribution >= 4 is 39.2 Å². The Morgan fingerprint density at radius 1 is 1.44 bits per heavy atom. The van der Waals surface area contributed by atoms with Gasteiger partial charge in [0.2, 0.25) is 0 Å².